The zero-order valence-electron chi connectivity index (χ0n) is 15.2. The molecule has 28 heavy (non-hydrogen) atoms. The van der Waals surface area contributed by atoms with Crippen LogP contribution in [0.5, 0.6) is 0 Å². The number of hydrogen-bond acceptors (Lipinski definition) is 6. The maximum absolute atomic E-state index is 13.1. The highest BCUT2D eigenvalue weighted by molar-refractivity contribution is 7.89. The zero-order valence-corrected chi connectivity index (χ0v) is 16.8. The number of amides is 1. The van der Waals surface area contributed by atoms with Crippen LogP contribution in [0.4, 0.5) is 0 Å². The van der Waals surface area contributed by atoms with E-state index in [9.17, 15) is 18.0 Å². The molecule has 152 valence electrons. The Bertz CT molecular complexity index is 1040. The Hall–Kier alpha value is -1.94. The molecule has 0 spiro atoms. The second kappa shape index (κ2) is 8.20. The van der Waals surface area contributed by atoms with Crippen molar-refractivity contribution >= 4 is 39.3 Å². The minimum absolute atomic E-state index is 0. The van der Waals surface area contributed by atoms with E-state index in [-0.39, 0.29) is 29.3 Å². The van der Waals surface area contributed by atoms with Crippen molar-refractivity contribution in [2.24, 2.45) is 0 Å². The van der Waals surface area contributed by atoms with E-state index in [2.05, 4.69) is 5.32 Å². The molecule has 1 aromatic heterocycles. The summed E-state index contributed by atoms with van der Waals surface area (Å²) >= 11 is 0. The van der Waals surface area contributed by atoms with Crippen LogP contribution >= 0.6 is 12.4 Å². The highest BCUT2D eigenvalue weighted by Crippen LogP contribution is 2.25. The van der Waals surface area contributed by atoms with Crippen molar-refractivity contribution in [1.82, 2.24) is 14.5 Å². The summed E-state index contributed by atoms with van der Waals surface area (Å²) in [6, 6.07) is 7.21. The molecule has 10 heteroatoms. The molecule has 3 heterocycles. The molecule has 2 aromatic rings. The fraction of sp³-hybridized carbons (Fsp3) is 0.444. The molecular formula is C18H22ClN3O5S. The van der Waals surface area contributed by atoms with E-state index in [0.29, 0.717) is 43.6 Å². The van der Waals surface area contributed by atoms with Gasteiger partial charge in [0.05, 0.1) is 11.4 Å². The average molecular weight is 428 g/mol. The number of nitrogens with one attached hydrogen (secondary N) is 1. The maximum Gasteiger partial charge on any atom is 0.336 e. The van der Waals surface area contributed by atoms with Crippen molar-refractivity contribution in [1.29, 1.82) is 0 Å². The van der Waals surface area contributed by atoms with Crippen LogP contribution in [0.1, 0.15) is 12.8 Å². The molecule has 2 saturated heterocycles. The first-order valence-electron chi connectivity index (χ1n) is 8.99. The SMILES string of the molecule is Cl.O=C1CNCCN1C1CCCN(S(=O)(=O)c2ccc3oc(=O)ccc3c2)C1. The third kappa shape index (κ3) is 3.93. The second-order valence-corrected chi connectivity index (χ2v) is 8.82. The quantitative estimate of drug-likeness (QED) is 0.727. The molecule has 4 rings (SSSR count). The summed E-state index contributed by atoms with van der Waals surface area (Å²) in [7, 11) is -3.69. The molecule has 1 unspecified atom stereocenters. The Kier molecular flexibility index (Phi) is 6.09. The van der Waals surface area contributed by atoms with Crippen LogP contribution < -0.4 is 10.9 Å². The van der Waals surface area contributed by atoms with Gasteiger partial charge in [-0.3, -0.25) is 4.79 Å². The van der Waals surface area contributed by atoms with E-state index < -0.39 is 15.6 Å². The number of fused-ring (bicyclic) bond motifs is 1. The Morgan fingerprint density at radius 3 is 2.71 bits per heavy atom. The predicted octanol–water partition coefficient (Wildman–Crippen LogP) is 0.800. The largest absolute Gasteiger partial charge is 0.423 e. The number of nitrogens with zero attached hydrogens (tertiary/aromatic N) is 2. The van der Waals surface area contributed by atoms with Gasteiger partial charge >= 0.3 is 5.63 Å². The number of rotatable bonds is 3. The van der Waals surface area contributed by atoms with Crippen LogP contribution in [-0.4, -0.2) is 62.3 Å². The molecule has 0 aliphatic carbocycles. The molecule has 0 bridgehead atoms. The molecule has 2 aliphatic heterocycles. The standard InChI is InChI=1S/C18H21N3O5S.ClH/c22-17-11-19-7-9-21(17)14-2-1-8-20(12-14)27(24,25)15-4-5-16-13(10-15)3-6-18(23)26-16;/h3-6,10,14,19H,1-2,7-9,11-12H2;1H. The first-order valence-corrected chi connectivity index (χ1v) is 10.4. The van der Waals surface area contributed by atoms with Gasteiger partial charge in [-0.05, 0) is 37.1 Å². The maximum atomic E-state index is 13.1. The summed E-state index contributed by atoms with van der Waals surface area (Å²) in [5.74, 6) is 0.0197. The molecular weight excluding hydrogens is 406 g/mol. The fourth-order valence-electron chi connectivity index (χ4n) is 3.76. The van der Waals surface area contributed by atoms with Crippen molar-refractivity contribution in [2.45, 2.75) is 23.8 Å². The molecule has 1 N–H and O–H groups in total. The molecule has 2 aliphatic rings. The Morgan fingerprint density at radius 1 is 1.11 bits per heavy atom. The lowest BCUT2D eigenvalue weighted by Gasteiger charge is -2.40. The number of carbonyl (C=O) groups excluding carboxylic acids is 1. The van der Waals surface area contributed by atoms with Crippen LogP contribution in [0, 0.1) is 0 Å². The van der Waals surface area contributed by atoms with Gasteiger partial charge in [-0.25, -0.2) is 13.2 Å². The monoisotopic (exact) mass is 427 g/mol. The fourth-order valence-corrected chi connectivity index (χ4v) is 5.31. The third-order valence-corrected chi connectivity index (χ3v) is 7.02. The topological polar surface area (TPSA) is 99.9 Å². The van der Waals surface area contributed by atoms with Crippen LogP contribution in [-0.2, 0) is 14.8 Å². The summed E-state index contributed by atoms with van der Waals surface area (Å²) in [5, 5.41) is 3.59. The number of sulfonamides is 1. The first-order chi connectivity index (χ1) is 12.9. The molecule has 2 fully saturated rings. The minimum Gasteiger partial charge on any atom is -0.423 e. The zero-order chi connectivity index (χ0) is 19.0. The van der Waals surface area contributed by atoms with Crippen molar-refractivity contribution in [3.05, 3.63) is 40.8 Å². The van der Waals surface area contributed by atoms with Gasteiger partial charge in [-0.1, -0.05) is 0 Å². The summed E-state index contributed by atoms with van der Waals surface area (Å²) < 4.78 is 32.8. The van der Waals surface area contributed by atoms with Crippen LogP contribution in [0.2, 0.25) is 0 Å². The highest BCUT2D eigenvalue weighted by Gasteiger charge is 2.35. The van der Waals surface area contributed by atoms with Crippen LogP contribution in [0.3, 0.4) is 0 Å². The Morgan fingerprint density at radius 2 is 1.93 bits per heavy atom. The summed E-state index contributed by atoms with van der Waals surface area (Å²) in [6.07, 6.45) is 1.52. The lowest BCUT2D eigenvalue weighted by Crippen LogP contribution is -2.57. The first kappa shape index (κ1) is 20.8. The van der Waals surface area contributed by atoms with Gasteiger partial charge in [0, 0.05) is 43.7 Å². The van der Waals surface area contributed by atoms with Crippen molar-refractivity contribution < 1.29 is 17.6 Å². The average Bonchev–Trinajstić information content (AvgIpc) is 2.68. The number of piperazine rings is 1. The van der Waals surface area contributed by atoms with Gasteiger partial charge in [0.2, 0.25) is 15.9 Å². The number of piperidine rings is 1. The minimum atomic E-state index is -3.69. The smallest absolute Gasteiger partial charge is 0.336 e. The molecule has 8 nitrogen and oxygen atoms in total. The lowest BCUT2D eigenvalue weighted by atomic mass is 10.1. The van der Waals surface area contributed by atoms with E-state index >= 15 is 0 Å². The van der Waals surface area contributed by atoms with Gasteiger partial charge in [-0.2, -0.15) is 4.31 Å². The second-order valence-electron chi connectivity index (χ2n) is 6.88. The van der Waals surface area contributed by atoms with Gasteiger partial charge in [-0.15, -0.1) is 12.4 Å². The summed E-state index contributed by atoms with van der Waals surface area (Å²) in [5.41, 5.74) is -0.123. The third-order valence-electron chi connectivity index (χ3n) is 5.15. The van der Waals surface area contributed by atoms with Crippen LogP contribution in [0.25, 0.3) is 11.0 Å². The van der Waals surface area contributed by atoms with E-state index in [1.807, 2.05) is 0 Å². The Balaban J connectivity index is 0.00000225. The molecule has 0 saturated carbocycles. The molecule has 1 amide bonds. The Labute approximate surface area is 168 Å². The number of hydrogen-bond donors (Lipinski definition) is 1. The van der Waals surface area contributed by atoms with Crippen molar-refractivity contribution in [3.63, 3.8) is 0 Å². The highest BCUT2D eigenvalue weighted by atomic mass is 35.5. The summed E-state index contributed by atoms with van der Waals surface area (Å²) in [6.45, 7) is 2.37. The molecule has 0 radical (unpaired) electrons. The van der Waals surface area contributed by atoms with Gasteiger partial charge in [0.15, 0.2) is 0 Å². The summed E-state index contributed by atoms with van der Waals surface area (Å²) in [4.78, 5) is 25.4. The lowest BCUT2D eigenvalue weighted by molar-refractivity contribution is -0.135. The van der Waals surface area contributed by atoms with Gasteiger partial charge in [0.1, 0.15) is 5.58 Å². The van der Waals surface area contributed by atoms with Gasteiger partial charge < -0.3 is 14.6 Å². The van der Waals surface area contributed by atoms with Gasteiger partial charge in [0.25, 0.3) is 0 Å². The van der Waals surface area contributed by atoms with Crippen LogP contribution in [0.15, 0.2) is 44.4 Å². The number of carbonyl (C=O) groups is 1. The molecule has 1 atom stereocenters. The number of halogens is 1. The van der Waals surface area contributed by atoms with Crippen molar-refractivity contribution in [3.8, 4) is 0 Å². The van der Waals surface area contributed by atoms with Crippen molar-refractivity contribution in [2.75, 3.05) is 32.7 Å². The van der Waals surface area contributed by atoms with E-state index in [4.69, 9.17) is 4.42 Å². The molecule has 1 aromatic carbocycles. The van der Waals surface area contributed by atoms with E-state index in [0.717, 1.165) is 13.0 Å². The predicted molar refractivity (Wildman–Crippen MR) is 106 cm³/mol. The normalized spacial score (nSPS) is 21.5. The number of benzene rings is 1. The van der Waals surface area contributed by atoms with E-state index in [1.165, 1.54) is 28.6 Å². The van der Waals surface area contributed by atoms with E-state index in [1.54, 1.807) is 11.0 Å².